The van der Waals surface area contributed by atoms with Gasteiger partial charge in [0.05, 0.1) is 35.6 Å². The third kappa shape index (κ3) is 5.27. The lowest BCUT2D eigenvalue weighted by Gasteiger charge is -2.24. The highest BCUT2D eigenvalue weighted by Gasteiger charge is 2.34. The van der Waals surface area contributed by atoms with Gasteiger partial charge in [0.2, 0.25) is 13.6 Å². The number of benzene rings is 3. The van der Waals surface area contributed by atoms with Gasteiger partial charge in [-0.05, 0) is 73.0 Å². The van der Waals surface area contributed by atoms with E-state index in [0.29, 0.717) is 67.3 Å². The van der Waals surface area contributed by atoms with Gasteiger partial charge < -0.3 is 33.2 Å². The van der Waals surface area contributed by atoms with Gasteiger partial charge in [0, 0.05) is 0 Å². The Balaban J connectivity index is 1.23. The minimum atomic E-state index is -0.765. The number of esters is 1. The van der Waals surface area contributed by atoms with Crippen molar-refractivity contribution in [2.75, 3.05) is 27.3 Å². The van der Waals surface area contributed by atoms with Gasteiger partial charge in [-0.15, -0.1) is 0 Å². The highest BCUT2D eigenvalue weighted by molar-refractivity contribution is 7.07. The zero-order valence-corrected chi connectivity index (χ0v) is 25.5. The van der Waals surface area contributed by atoms with E-state index in [2.05, 4.69) is 4.99 Å². The second-order valence-corrected chi connectivity index (χ2v) is 11.3. The number of allylic oxidation sites excluding steroid dienone is 1. The SMILES string of the molecule is CCOC(=O)C1=C(C)N=c2s/c(=C\c3ccc(OCc4ccc5c(c4)OCO5)c(OC)c3)c(=O)n2[C@H]1c1ccc2c(c1)OCO2. The molecule has 0 aliphatic carbocycles. The molecule has 11 nitrogen and oxygen atoms in total. The van der Waals surface area contributed by atoms with E-state index in [1.165, 1.54) is 15.9 Å². The van der Waals surface area contributed by atoms with Crippen molar-refractivity contribution in [3.8, 4) is 34.5 Å². The maximum absolute atomic E-state index is 14.0. The summed E-state index contributed by atoms with van der Waals surface area (Å²) in [6.07, 6.45) is 1.77. The third-order valence-electron chi connectivity index (χ3n) is 7.55. The smallest absolute Gasteiger partial charge is 0.338 e. The van der Waals surface area contributed by atoms with Crippen LogP contribution < -0.4 is 43.3 Å². The molecule has 0 N–H and O–H groups in total. The van der Waals surface area contributed by atoms with Crippen molar-refractivity contribution < 1.29 is 38.0 Å². The van der Waals surface area contributed by atoms with Gasteiger partial charge in [-0.3, -0.25) is 9.36 Å². The molecule has 7 rings (SSSR count). The minimum absolute atomic E-state index is 0.104. The molecule has 12 heteroatoms. The maximum atomic E-state index is 14.0. The lowest BCUT2D eigenvalue weighted by atomic mass is 9.95. The zero-order valence-electron chi connectivity index (χ0n) is 24.7. The molecule has 0 saturated carbocycles. The van der Waals surface area contributed by atoms with E-state index >= 15 is 0 Å². The Morgan fingerprint density at radius 2 is 1.71 bits per heavy atom. The van der Waals surface area contributed by atoms with Crippen LogP contribution >= 0.6 is 11.3 Å². The van der Waals surface area contributed by atoms with Crippen LogP contribution in [0.3, 0.4) is 0 Å². The first-order valence-corrected chi connectivity index (χ1v) is 15.0. The molecule has 4 aromatic rings. The van der Waals surface area contributed by atoms with Crippen molar-refractivity contribution >= 4 is 23.4 Å². The number of rotatable bonds is 8. The van der Waals surface area contributed by atoms with Crippen LogP contribution in [-0.4, -0.2) is 37.8 Å². The van der Waals surface area contributed by atoms with E-state index in [0.717, 1.165) is 11.1 Å². The average Bonchev–Trinajstić information content (AvgIpc) is 3.78. The number of hydrogen-bond donors (Lipinski definition) is 0. The molecular weight excluding hydrogens is 600 g/mol. The molecule has 230 valence electrons. The van der Waals surface area contributed by atoms with Gasteiger partial charge >= 0.3 is 5.97 Å². The number of aromatic nitrogens is 1. The van der Waals surface area contributed by atoms with Crippen LogP contribution in [0.4, 0.5) is 0 Å². The predicted octanol–water partition coefficient (Wildman–Crippen LogP) is 3.84. The first-order chi connectivity index (χ1) is 21.9. The van der Waals surface area contributed by atoms with E-state index in [1.807, 2.05) is 30.3 Å². The first-order valence-electron chi connectivity index (χ1n) is 14.2. The van der Waals surface area contributed by atoms with Crippen molar-refractivity contribution in [1.29, 1.82) is 0 Å². The zero-order chi connectivity index (χ0) is 31.1. The molecule has 0 saturated heterocycles. The quantitative estimate of drug-likeness (QED) is 0.269. The summed E-state index contributed by atoms with van der Waals surface area (Å²) in [5, 5.41) is 0. The summed E-state index contributed by atoms with van der Waals surface area (Å²) in [6.45, 7) is 4.28. The molecule has 3 aliphatic heterocycles. The van der Waals surface area contributed by atoms with Crippen molar-refractivity contribution in [1.82, 2.24) is 4.57 Å². The molecule has 0 unspecified atom stereocenters. The number of carbonyl (C=O) groups excluding carboxylic acids is 1. The molecule has 0 bridgehead atoms. The van der Waals surface area contributed by atoms with Crippen LogP contribution in [0.5, 0.6) is 34.5 Å². The number of carbonyl (C=O) groups is 1. The summed E-state index contributed by atoms with van der Waals surface area (Å²) in [6, 6.07) is 15.7. The van der Waals surface area contributed by atoms with Crippen molar-refractivity contribution in [3.63, 3.8) is 0 Å². The molecule has 1 aromatic heterocycles. The van der Waals surface area contributed by atoms with Crippen LogP contribution in [0.25, 0.3) is 6.08 Å². The average molecular weight is 629 g/mol. The molecule has 0 amide bonds. The molecule has 45 heavy (non-hydrogen) atoms. The highest BCUT2D eigenvalue weighted by Crippen LogP contribution is 2.38. The van der Waals surface area contributed by atoms with E-state index in [1.54, 1.807) is 51.3 Å². The van der Waals surface area contributed by atoms with Gasteiger partial charge in [0.25, 0.3) is 5.56 Å². The summed E-state index contributed by atoms with van der Waals surface area (Å²) in [7, 11) is 1.56. The van der Waals surface area contributed by atoms with Crippen LogP contribution in [0.1, 0.15) is 36.6 Å². The monoisotopic (exact) mass is 628 g/mol. The Bertz CT molecular complexity index is 2050. The Labute approximate surface area is 261 Å². The standard InChI is InChI=1S/C33H28N2O9S/c1-4-39-32(37)29-18(2)34-33-35(30(29)21-7-10-24-27(14-21)44-17-42-24)31(36)28(45-33)13-19-5-8-22(25(11-19)38-3)40-15-20-6-9-23-26(12-20)43-16-41-23/h5-14,30H,4,15-17H2,1-3H3/b28-13-/t30-/m0/s1. The predicted molar refractivity (Wildman–Crippen MR) is 163 cm³/mol. The molecule has 3 aliphatic rings. The molecular formula is C33H28N2O9S. The van der Waals surface area contributed by atoms with Gasteiger partial charge in [0.1, 0.15) is 6.61 Å². The van der Waals surface area contributed by atoms with E-state index in [-0.39, 0.29) is 25.8 Å². The number of thiazole rings is 1. The summed E-state index contributed by atoms with van der Waals surface area (Å²) < 4.78 is 40.9. The Morgan fingerprint density at radius 3 is 2.47 bits per heavy atom. The van der Waals surface area contributed by atoms with Crippen LogP contribution in [-0.2, 0) is 16.1 Å². The molecule has 1 atom stereocenters. The number of hydrogen-bond acceptors (Lipinski definition) is 11. The molecule has 0 spiro atoms. The second-order valence-electron chi connectivity index (χ2n) is 10.3. The van der Waals surface area contributed by atoms with Crippen molar-refractivity contribution in [2.45, 2.75) is 26.5 Å². The lowest BCUT2D eigenvalue weighted by molar-refractivity contribution is -0.139. The Hall–Kier alpha value is -5.23. The summed E-state index contributed by atoms with van der Waals surface area (Å²) in [5.41, 5.74) is 2.80. The van der Waals surface area contributed by atoms with Crippen molar-refractivity contribution in [3.05, 3.63) is 102 Å². The van der Waals surface area contributed by atoms with Gasteiger partial charge in [-0.2, -0.15) is 0 Å². The molecule has 0 radical (unpaired) electrons. The van der Waals surface area contributed by atoms with Gasteiger partial charge in [0.15, 0.2) is 39.3 Å². The van der Waals surface area contributed by atoms with E-state index < -0.39 is 12.0 Å². The Kier molecular flexibility index (Phi) is 7.42. The molecule has 3 aromatic carbocycles. The van der Waals surface area contributed by atoms with Crippen LogP contribution in [0.2, 0.25) is 0 Å². The third-order valence-corrected chi connectivity index (χ3v) is 8.53. The van der Waals surface area contributed by atoms with Crippen LogP contribution in [0.15, 0.2) is 75.7 Å². The largest absolute Gasteiger partial charge is 0.493 e. The fraction of sp³-hybridized carbons (Fsp3) is 0.242. The molecule has 0 fully saturated rings. The normalized spacial score (nSPS) is 16.3. The van der Waals surface area contributed by atoms with E-state index in [9.17, 15) is 9.59 Å². The first kappa shape index (κ1) is 28.5. The number of fused-ring (bicyclic) bond motifs is 3. The lowest BCUT2D eigenvalue weighted by Crippen LogP contribution is -2.39. The minimum Gasteiger partial charge on any atom is -0.493 e. The fourth-order valence-electron chi connectivity index (χ4n) is 5.43. The Morgan fingerprint density at radius 1 is 0.978 bits per heavy atom. The summed E-state index contributed by atoms with van der Waals surface area (Å²) in [4.78, 5) is 32.3. The second kappa shape index (κ2) is 11.7. The van der Waals surface area contributed by atoms with Gasteiger partial charge in [-0.25, -0.2) is 9.79 Å². The summed E-state index contributed by atoms with van der Waals surface area (Å²) >= 11 is 1.24. The number of ether oxygens (including phenoxy) is 7. The molecule has 4 heterocycles. The topological polar surface area (TPSA) is 116 Å². The number of methoxy groups -OCH3 is 1. The van der Waals surface area contributed by atoms with Crippen LogP contribution in [0, 0.1) is 0 Å². The highest BCUT2D eigenvalue weighted by atomic mass is 32.1. The number of nitrogens with zero attached hydrogens (tertiary/aromatic N) is 2. The van der Waals surface area contributed by atoms with Gasteiger partial charge in [-0.1, -0.05) is 29.5 Å². The van der Waals surface area contributed by atoms with Crippen molar-refractivity contribution in [2.24, 2.45) is 4.99 Å². The van der Waals surface area contributed by atoms with E-state index in [4.69, 9.17) is 33.2 Å². The fourth-order valence-corrected chi connectivity index (χ4v) is 6.47. The maximum Gasteiger partial charge on any atom is 0.338 e. The summed E-state index contributed by atoms with van der Waals surface area (Å²) in [5.74, 6) is 3.06.